The molecule has 0 unspecified atom stereocenters. The Morgan fingerprint density at radius 1 is 0.963 bits per heavy atom. The van der Waals surface area contributed by atoms with Crippen LogP contribution < -0.4 is 0 Å². The molecule has 1 amide bonds. The van der Waals surface area contributed by atoms with E-state index in [1.807, 2.05) is 4.90 Å². The fourth-order valence-corrected chi connectivity index (χ4v) is 3.80. The van der Waals surface area contributed by atoms with Crippen LogP contribution in [0.1, 0.15) is 62.7 Å². The number of benzene rings is 1. The summed E-state index contributed by atoms with van der Waals surface area (Å²) >= 11 is 5.84. The van der Waals surface area contributed by atoms with E-state index in [0.29, 0.717) is 16.6 Å². The highest BCUT2D eigenvalue weighted by molar-refractivity contribution is 6.30. The lowest BCUT2D eigenvalue weighted by molar-refractivity contribution is -0.133. The number of halogens is 2. The number of hydrogen-bond acceptors (Lipinski definition) is 3. The highest BCUT2D eigenvalue weighted by atomic mass is 35.5. The third-order valence-electron chi connectivity index (χ3n) is 5.16. The van der Waals surface area contributed by atoms with E-state index in [4.69, 9.17) is 11.6 Å². The summed E-state index contributed by atoms with van der Waals surface area (Å²) in [4.78, 5) is 29.1. The molecule has 1 aliphatic heterocycles. The van der Waals surface area contributed by atoms with Gasteiger partial charge in [-0.05, 0) is 37.1 Å². The minimum absolute atomic E-state index is 0. The van der Waals surface area contributed by atoms with Gasteiger partial charge in [-0.2, -0.15) is 0 Å². The highest BCUT2D eigenvalue weighted by Crippen LogP contribution is 2.17. The van der Waals surface area contributed by atoms with Crippen LogP contribution in [-0.4, -0.2) is 53.7 Å². The van der Waals surface area contributed by atoms with Crippen molar-refractivity contribution in [2.45, 2.75) is 58.4 Å². The molecule has 1 aliphatic rings. The van der Waals surface area contributed by atoms with Crippen LogP contribution in [0.3, 0.4) is 0 Å². The second-order valence-corrected chi connectivity index (χ2v) is 7.51. The zero-order valence-corrected chi connectivity index (χ0v) is 18.0. The summed E-state index contributed by atoms with van der Waals surface area (Å²) in [5.74, 6) is 0.0918. The number of Topliss-reactive ketones (excluding diaryl/α,β-unsaturated/α-hetero) is 1. The van der Waals surface area contributed by atoms with Crippen LogP contribution in [0.15, 0.2) is 24.3 Å². The van der Waals surface area contributed by atoms with Crippen LogP contribution in [0.2, 0.25) is 5.02 Å². The van der Waals surface area contributed by atoms with Crippen LogP contribution in [0.4, 0.5) is 0 Å². The summed E-state index contributed by atoms with van der Waals surface area (Å²) in [5, 5.41) is 0.611. The maximum absolute atomic E-state index is 12.5. The highest BCUT2D eigenvalue weighted by Gasteiger charge is 2.25. The monoisotopic (exact) mass is 414 g/mol. The quantitative estimate of drug-likeness (QED) is 0.542. The van der Waals surface area contributed by atoms with Crippen molar-refractivity contribution in [2.75, 3.05) is 26.2 Å². The Hall–Kier alpha value is -1.10. The first-order valence-corrected chi connectivity index (χ1v) is 10.2. The van der Waals surface area contributed by atoms with E-state index in [9.17, 15) is 9.59 Å². The third kappa shape index (κ3) is 7.44. The molecule has 6 heteroatoms. The number of ketones is 1. The van der Waals surface area contributed by atoms with Crippen LogP contribution in [0.25, 0.3) is 0 Å². The van der Waals surface area contributed by atoms with Crippen LogP contribution in [0, 0.1) is 0 Å². The number of carbonyl (C=O) groups is 2. The molecule has 0 radical (unpaired) electrons. The van der Waals surface area contributed by atoms with E-state index in [1.165, 1.54) is 25.7 Å². The average Bonchev–Trinajstić information content (AvgIpc) is 2.66. The van der Waals surface area contributed by atoms with Gasteiger partial charge in [-0.15, -0.1) is 12.4 Å². The van der Waals surface area contributed by atoms with Crippen molar-refractivity contribution in [1.82, 2.24) is 9.80 Å². The minimum atomic E-state index is -0.000363. The van der Waals surface area contributed by atoms with E-state index < -0.39 is 0 Å². The van der Waals surface area contributed by atoms with Gasteiger partial charge in [0.15, 0.2) is 5.78 Å². The van der Waals surface area contributed by atoms with E-state index in [2.05, 4.69) is 18.7 Å². The van der Waals surface area contributed by atoms with Gasteiger partial charge in [0, 0.05) is 55.6 Å². The summed E-state index contributed by atoms with van der Waals surface area (Å²) in [6.45, 7) is 7.92. The maximum atomic E-state index is 12.5. The van der Waals surface area contributed by atoms with Gasteiger partial charge in [-0.1, -0.05) is 38.3 Å². The van der Waals surface area contributed by atoms with Gasteiger partial charge < -0.3 is 4.90 Å². The third-order valence-corrected chi connectivity index (χ3v) is 5.41. The molecule has 1 fully saturated rings. The predicted molar refractivity (Wildman–Crippen MR) is 114 cm³/mol. The van der Waals surface area contributed by atoms with Gasteiger partial charge >= 0.3 is 0 Å². The summed E-state index contributed by atoms with van der Waals surface area (Å²) in [6, 6.07) is 7.50. The molecule has 0 N–H and O–H groups in total. The van der Waals surface area contributed by atoms with E-state index >= 15 is 0 Å². The first-order valence-electron chi connectivity index (χ1n) is 9.85. The van der Waals surface area contributed by atoms with Crippen molar-refractivity contribution < 1.29 is 9.59 Å². The Kier molecular flexibility index (Phi) is 11.0. The number of hydrogen-bond donors (Lipinski definition) is 0. The predicted octanol–water partition coefficient (Wildman–Crippen LogP) is 4.84. The molecule has 27 heavy (non-hydrogen) atoms. The van der Waals surface area contributed by atoms with Gasteiger partial charge in [0.05, 0.1) is 0 Å². The number of rotatable bonds is 9. The summed E-state index contributed by atoms with van der Waals surface area (Å²) in [5.41, 5.74) is 0.619. The SMILES string of the molecule is CCCC(CCC)N1CCN(C(=O)CCC(=O)c2ccc(Cl)cc2)CC1.Cl. The second kappa shape index (κ2) is 12.4. The van der Waals surface area contributed by atoms with Crippen molar-refractivity contribution in [3.05, 3.63) is 34.9 Å². The molecule has 0 saturated carbocycles. The van der Waals surface area contributed by atoms with Crippen molar-refractivity contribution in [2.24, 2.45) is 0 Å². The van der Waals surface area contributed by atoms with Gasteiger partial charge in [-0.3, -0.25) is 14.5 Å². The molecule has 0 atom stereocenters. The van der Waals surface area contributed by atoms with Crippen LogP contribution in [0.5, 0.6) is 0 Å². The molecule has 1 aromatic carbocycles. The number of nitrogens with zero attached hydrogens (tertiary/aromatic N) is 2. The smallest absolute Gasteiger partial charge is 0.223 e. The topological polar surface area (TPSA) is 40.6 Å². The Balaban J connectivity index is 0.00000364. The van der Waals surface area contributed by atoms with Gasteiger partial charge in [0.2, 0.25) is 5.91 Å². The standard InChI is InChI=1S/C21H31ClN2O2.ClH/c1-3-5-19(6-4-2)23-13-15-24(16-14-23)21(26)12-11-20(25)17-7-9-18(22)10-8-17;/h7-10,19H,3-6,11-16H2,1-2H3;1H. The molecule has 0 aromatic heterocycles. The van der Waals surface area contributed by atoms with Crippen molar-refractivity contribution in [1.29, 1.82) is 0 Å². The van der Waals surface area contributed by atoms with E-state index in [1.54, 1.807) is 24.3 Å². The molecule has 0 aliphatic carbocycles. The van der Waals surface area contributed by atoms with E-state index in [-0.39, 0.29) is 36.9 Å². The zero-order valence-electron chi connectivity index (χ0n) is 16.5. The molecule has 4 nitrogen and oxygen atoms in total. The molecule has 0 spiro atoms. The Morgan fingerprint density at radius 3 is 2.04 bits per heavy atom. The molecule has 0 bridgehead atoms. The number of carbonyl (C=O) groups excluding carboxylic acids is 2. The first kappa shape index (κ1) is 23.9. The molecule has 2 rings (SSSR count). The minimum Gasteiger partial charge on any atom is -0.340 e. The molecular weight excluding hydrogens is 383 g/mol. The maximum Gasteiger partial charge on any atom is 0.223 e. The summed E-state index contributed by atoms with van der Waals surface area (Å²) < 4.78 is 0. The van der Waals surface area contributed by atoms with Crippen LogP contribution >= 0.6 is 24.0 Å². The van der Waals surface area contributed by atoms with Gasteiger partial charge in [-0.25, -0.2) is 0 Å². The van der Waals surface area contributed by atoms with Crippen molar-refractivity contribution in [3.8, 4) is 0 Å². The Bertz CT molecular complexity index is 578. The zero-order chi connectivity index (χ0) is 18.9. The number of piperazine rings is 1. The summed E-state index contributed by atoms with van der Waals surface area (Å²) in [7, 11) is 0. The molecule has 152 valence electrons. The van der Waals surface area contributed by atoms with E-state index in [0.717, 1.165) is 26.2 Å². The van der Waals surface area contributed by atoms with Crippen molar-refractivity contribution in [3.63, 3.8) is 0 Å². The molecule has 1 aromatic rings. The Labute approximate surface area is 174 Å². The largest absolute Gasteiger partial charge is 0.340 e. The first-order chi connectivity index (χ1) is 12.5. The van der Waals surface area contributed by atoms with Crippen LogP contribution in [-0.2, 0) is 4.79 Å². The second-order valence-electron chi connectivity index (χ2n) is 7.08. The summed E-state index contributed by atoms with van der Waals surface area (Å²) in [6.07, 6.45) is 5.42. The number of amides is 1. The molecule has 1 heterocycles. The molecule has 1 saturated heterocycles. The lowest BCUT2D eigenvalue weighted by Crippen LogP contribution is -2.52. The Morgan fingerprint density at radius 2 is 1.52 bits per heavy atom. The fraction of sp³-hybridized carbons (Fsp3) is 0.619. The van der Waals surface area contributed by atoms with Crippen molar-refractivity contribution >= 4 is 35.7 Å². The molecular formula is C21H32Cl2N2O2. The van der Waals surface area contributed by atoms with Gasteiger partial charge in [0.1, 0.15) is 0 Å². The van der Waals surface area contributed by atoms with Gasteiger partial charge in [0.25, 0.3) is 0 Å². The fourth-order valence-electron chi connectivity index (χ4n) is 3.67. The average molecular weight is 415 g/mol. The lowest BCUT2D eigenvalue weighted by atomic mass is 10.0. The normalized spacial score (nSPS) is 14.9. The lowest BCUT2D eigenvalue weighted by Gasteiger charge is -2.39.